The minimum absolute atomic E-state index is 0.0439. The molecule has 0 aromatic heterocycles. The minimum Gasteiger partial charge on any atom is -0.325 e. The van der Waals surface area contributed by atoms with Crippen molar-refractivity contribution in [3.63, 3.8) is 0 Å². The Morgan fingerprint density at radius 3 is 2.32 bits per heavy atom. The number of sulfonamides is 1. The number of hydrogen-bond donors (Lipinski definition) is 1. The molecule has 1 N–H and O–H groups in total. The number of amides is 1. The van der Waals surface area contributed by atoms with Crippen LogP contribution >= 0.6 is 39.1 Å². The maximum absolute atomic E-state index is 13.4. The fourth-order valence-corrected chi connectivity index (χ4v) is 5.29. The lowest BCUT2D eigenvalue weighted by Crippen LogP contribution is -2.39. The minimum atomic E-state index is -4.07. The van der Waals surface area contributed by atoms with E-state index in [2.05, 4.69) is 21.2 Å². The van der Waals surface area contributed by atoms with Crippen LogP contribution in [0.1, 0.15) is 5.56 Å². The molecule has 0 aliphatic carbocycles. The van der Waals surface area contributed by atoms with Gasteiger partial charge in [0.25, 0.3) is 0 Å². The number of carbonyl (C=O) groups is 1. The lowest BCUT2D eigenvalue weighted by molar-refractivity contribution is -0.116. The first-order valence-corrected chi connectivity index (χ1v) is 12.3. The Balaban J connectivity index is 1.85. The van der Waals surface area contributed by atoms with Gasteiger partial charge in [-0.3, -0.25) is 4.79 Å². The van der Waals surface area contributed by atoms with Crippen molar-refractivity contribution >= 4 is 60.7 Å². The average molecular weight is 542 g/mol. The molecule has 0 saturated carbocycles. The van der Waals surface area contributed by atoms with Gasteiger partial charge in [-0.05, 0) is 54.4 Å². The summed E-state index contributed by atoms with van der Waals surface area (Å²) in [5.74, 6) is -0.461. The summed E-state index contributed by atoms with van der Waals surface area (Å²) in [5.41, 5.74) is 1.52. The Morgan fingerprint density at radius 1 is 0.968 bits per heavy atom. The lowest BCUT2D eigenvalue weighted by atomic mass is 10.1. The summed E-state index contributed by atoms with van der Waals surface area (Å²) in [5, 5.41) is 3.01. The van der Waals surface area contributed by atoms with Gasteiger partial charge in [0.05, 0.1) is 11.6 Å². The van der Waals surface area contributed by atoms with Crippen molar-refractivity contribution < 1.29 is 13.2 Å². The van der Waals surface area contributed by atoms with E-state index in [0.717, 1.165) is 14.3 Å². The van der Waals surface area contributed by atoms with Crippen LogP contribution in [-0.4, -0.2) is 31.7 Å². The van der Waals surface area contributed by atoms with Crippen LogP contribution in [0.2, 0.25) is 10.0 Å². The van der Waals surface area contributed by atoms with E-state index in [1.165, 1.54) is 18.2 Å². The first kappa shape index (κ1) is 23.8. The molecule has 0 unspecified atom stereocenters. The lowest BCUT2D eigenvalue weighted by Gasteiger charge is -2.22. The van der Waals surface area contributed by atoms with Gasteiger partial charge in [-0.15, -0.1) is 0 Å². The van der Waals surface area contributed by atoms with Crippen LogP contribution in [0.25, 0.3) is 0 Å². The number of halogens is 3. The fraction of sp³-hybridized carbons (Fsp3) is 0.136. The number of carbonyl (C=O) groups excluding carboxylic acids is 1. The molecule has 0 spiro atoms. The zero-order valence-corrected chi connectivity index (χ0v) is 20.2. The molecule has 0 fully saturated rings. The molecule has 1 amide bonds. The second-order valence-electron chi connectivity index (χ2n) is 6.70. The maximum Gasteiger partial charge on any atom is 0.245 e. The molecule has 9 heteroatoms. The average Bonchev–Trinajstić information content (AvgIpc) is 2.75. The Bertz CT molecular complexity index is 1160. The highest BCUT2D eigenvalue weighted by atomic mass is 79.9. The molecular formula is C22H19BrCl2N2O3S. The molecule has 3 aromatic rings. The van der Waals surface area contributed by atoms with Crippen LogP contribution in [0.15, 0.2) is 82.2 Å². The van der Waals surface area contributed by atoms with Gasteiger partial charge in [0.1, 0.15) is 4.90 Å². The van der Waals surface area contributed by atoms with E-state index in [1.54, 1.807) is 24.3 Å². The van der Waals surface area contributed by atoms with Gasteiger partial charge in [-0.1, -0.05) is 69.5 Å². The fourth-order valence-electron chi connectivity index (χ4n) is 2.89. The van der Waals surface area contributed by atoms with Crippen LogP contribution in [0.3, 0.4) is 0 Å². The molecule has 5 nitrogen and oxygen atoms in total. The quantitative estimate of drug-likeness (QED) is 0.402. The van der Waals surface area contributed by atoms with Gasteiger partial charge in [0.15, 0.2) is 0 Å². The van der Waals surface area contributed by atoms with Crippen LogP contribution in [-0.2, 0) is 21.2 Å². The monoisotopic (exact) mass is 540 g/mol. The summed E-state index contributed by atoms with van der Waals surface area (Å²) in [4.78, 5) is 12.5. The van der Waals surface area contributed by atoms with Gasteiger partial charge >= 0.3 is 0 Å². The highest BCUT2D eigenvalue weighted by Gasteiger charge is 2.29. The van der Waals surface area contributed by atoms with E-state index in [9.17, 15) is 13.2 Å². The van der Waals surface area contributed by atoms with E-state index in [4.69, 9.17) is 23.2 Å². The Labute approximate surface area is 200 Å². The van der Waals surface area contributed by atoms with E-state index in [0.29, 0.717) is 12.1 Å². The molecule has 0 saturated heterocycles. The molecule has 31 heavy (non-hydrogen) atoms. The van der Waals surface area contributed by atoms with E-state index < -0.39 is 15.9 Å². The number of nitrogens with one attached hydrogen (secondary N) is 1. The number of benzene rings is 3. The van der Waals surface area contributed by atoms with Crippen LogP contribution in [0.5, 0.6) is 0 Å². The molecule has 0 atom stereocenters. The number of anilines is 1. The predicted molar refractivity (Wildman–Crippen MR) is 128 cm³/mol. The van der Waals surface area contributed by atoms with Gasteiger partial charge in [0, 0.05) is 21.7 Å². The Morgan fingerprint density at radius 2 is 1.65 bits per heavy atom. The Kier molecular flexibility index (Phi) is 8.13. The molecule has 0 aliphatic heterocycles. The molecule has 3 rings (SSSR count). The third-order valence-corrected chi connectivity index (χ3v) is 7.54. The van der Waals surface area contributed by atoms with Crippen molar-refractivity contribution in [3.8, 4) is 0 Å². The number of hydrogen-bond acceptors (Lipinski definition) is 3. The molecule has 162 valence electrons. The molecule has 0 radical (unpaired) electrons. The third kappa shape index (κ3) is 6.54. The van der Waals surface area contributed by atoms with E-state index in [-0.39, 0.29) is 28.0 Å². The second kappa shape index (κ2) is 10.6. The largest absolute Gasteiger partial charge is 0.325 e. The van der Waals surface area contributed by atoms with Crippen LogP contribution in [0.4, 0.5) is 5.69 Å². The first-order chi connectivity index (χ1) is 14.8. The van der Waals surface area contributed by atoms with Gasteiger partial charge in [-0.2, -0.15) is 4.31 Å². The van der Waals surface area contributed by atoms with Crippen molar-refractivity contribution in [2.45, 2.75) is 11.3 Å². The Hall–Kier alpha value is -1.90. The summed E-state index contributed by atoms with van der Waals surface area (Å²) in [6.45, 7) is -0.267. The zero-order valence-electron chi connectivity index (χ0n) is 16.3. The predicted octanol–water partition coefficient (Wildman–Crippen LogP) is 5.63. The summed E-state index contributed by atoms with van der Waals surface area (Å²) >= 11 is 15.5. The second-order valence-corrected chi connectivity index (χ2v) is 10.4. The first-order valence-electron chi connectivity index (χ1n) is 9.30. The summed E-state index contributed by atoms with van der Waals surface area (Å²) < 4.78 is 28.7. The molecule has 0 heterocycles. The van der Waals surface area contributed by atoms with Gasteiger partial charge < -0.3 is 5.32 Å². The highest BCUT2D eigenvalue weighted by molar-refractivity contribution is 9.10. The normalized spacial score (nSPS) is 11.5. The number of nitrogens with zero attached hydrogens (tertiary/aromatic N) is 1. The van der Waals surface area contributed by atoms with E-state index in [1.807, 2.05) is 30.3 Å². The maximum atomic E-state index is 13.4. The third-order valence-electron chi connectivity index (χ3n) is 4.45. The SMILES string of the molecule is O=C(CN(CCc1ccccc1)S(=O)(=O)c1cc(Cl)ccc1Cl)Nc1ccc(Br)cc1. The van der Waals surface area contributed by atoms with Crippen LogP contribution in [0, 0.1) is 0 Å². The zero-order chi connectivity index (χ0) is 22.4. The van der Waals surface area contributed by atoms with Crippen molar-refractivity contribution in [3.05, 3.63) is 92.9 Å². The molecule has 0 aliphatic rings. The van der Waals surface area contributed by atoms with Crippen molar-refractivity contribution in [2.75, 3.05) is 18.4 Å². The summed E-state index contributed by atoms with van der Waals surface area (Å²) in [6, 6.07) is 20.7. The standard InChI is InChI=1S/C22H19BrCl2N2O3S/c23-17-6-9-19(10-7-17)26-22(28)15-27(13-12-16-4-2-1-3-5-16)31(29,30)21-14-18(24)8-11-20(21)25/h1-11,14H,12-13,15H2,(H,26,28). The molecule has 0 bridgehead atoms. The van der Waals surface area contributed by atoms with Gasteiger partial charge in [0.2, 0.25) is 15.9 Å². The molecular weight excluding hydrogens is 523 g/mol. The topological polar surface area (TPSA) is 66.5 Å². The summed E-state index contributed by atoms with van der Waals surface area (Å²) in [7, 11) is -4.07. The van der Waals surface area contributed by atoms with Crippen molar-refractivity contribution in [1.29, 1.82) is 0 Å². The smallest absolute Gasteiger partial charge is 0.245 e. The highest BCUT2D eigenvalue weighted by Crippen LogP contribution is 2.28. The summed E-state index contributed by atoms with van der Waals surface area (Å²) in [6.07, 6.45) is 0.434. The van der Waals surface area contributed by atoms with E-state index >= 15 is 0 Å². The van der Waals surface area contributed by atoms with Gasteiger partial charge in [-0.25, -0.2) is 8.42 Å². The van der Waals surface area contributed by atoms with Crippen molar-refractivity contribution in [1.82, 2.24) is 4.31 Å². The van der Waals surface area contributed by atoms with Crippen molar-refractivity contribution in [2.24, 2.45) is 0 Å². The number of rotatable bonds is 8. The van der Waals surface area contributed by atoms with Crippen LogP contribution < -0.4 is 5.32 Å². The molecule has 3 aromatic carbocycles.